The fourth-order valence-corrected chi connectivity index (χ4v) is 2.67. The van der Waals surface area contributed by atoms with Crippen LogP contribution in [0.15, 0.2) is 17.3 Å². The van der Waals surface area contributed by atoms with Gasteiger partial charge in [-0.2, -0.15) is 13.2 Å². The summed E-state index contributed by atoms with van der Waals surface area (Å²) in [4.78, 5) is 3.81. The molecule has 0 spiro atoms. The Hall–Kier alpha value is -0.460. The van der Waals surface area contributed by atoms with Crippen molar-refractivity contribution in [2.24, 2.45) is 0 Å². The summed E-state index contributed by atoms with van der Waals surface area (Å²) in [7, 11) is 0. The Labute approximate surface area is 126 Å². The molecule has 0 aliphatic heterocycles. The zero-order valence-electron chi connectivity index (χ0n) is 11.4. The smallest absolute Gasteiger partial charge is 0.316 e. The third-order valence-corrected chi connectivity index (χ3v) is 4.10. The second-order valence-electron chi connectivity index (χ2n) is 4.49. The third kappa shape index (κ3) is 5.89. The van der Waals surface area contributed by atoms with Crippen molar-refractivity contribution >= 4 is 23.4 Å². The summed E-state index contributed by atoms with van der Waals surface area (Å²) in [6.07, 6.45) is -1.35. The van der Waals surface area contributed by atoms with Gasteiger partial charge in [0, 0.05) is 18.0 Å². The van der Waals surface area contributed by atoms with Crippen molar-refractivity contribution in [2.45, 2.75) is 43.1 Å². The van der Waals surface area contributed by atoms with Crippen LogP contribution in [-0.2, 0) is 6.18 Å². The van der Waals surface area contributed by atoms with Crippen molar-refractivity contribution in [1.82, 2.24) is 10.3 Å². The minimum absolute atomic E-state index is 0.0465. The van der Waals surface area contributed by atoms with E-state index in [2.05, 4.69) is 17.2 Å². The zero-order valence-corrected chi connectivity index (χ0v) is 13.0. The van der Waals surface area contributed by atoms with Crippen molar-refractivity contribution in [3.63, 3.8) is 0 Å². The maximum absolute atomic E-state index is 12.5. The van der Waals surface area contributed by atoms with Gasteiger partial charge in [-0.05, 0) is 19.0 Å². The predicted molar refractivity (Wildman–Crippen MR) is 77.3 cm³/mol. The van der Waals surface area contributed by atoms with Gasteiger partial charge in [0.25, 0.3) is 0 Å². The van der Waals surface area contributed by atoms with Crippen LogP contribution >= 0.6 is 23.4 Å². The van der Waals surface area contributed by atoms with Gasteiger partial charge in [0.05, 0.1) is 10.6 Å². The van der Waals surface area contributed by atoms with E-state index in [1.807, 2.05) is 6.92 Å². The maximum Gasteiger partial charge on any atom is 0.417 e. The molecule has 1 unspecified atom stereocenters. The lowest BCUT2D eigenvalue weighted by atomic mass is 10.3. The first-order chi connectivity index (χ1) is 9.34. The second-order valence-corrected chi connectivity index (χ2v) is 6.33. The topological polar surface area (TPSA) is 24.9 Å². The molecule has 1 heterocycles. The van der Waals surface area contributed by atoms with E-state index in [0.29, 0.717) is 5.03 Å². The highest BCUT2D eigenvalue weighted by Gasteiger charge is 2.31. The SMILES string of the molecule is CCCCNCC(C)Sc1ncc(C(F)(F)F)cc1Cl. The van der Waals surface area contributed by atoms with Crippen molar-refractivity contribution < 1.29 is 13.2 Å². The van der Waals surface area contributed by atoms with Crippen molar-refractivity contribution in [3.05, 3.63) is 22.8 Å². The Morgan fingerprint density at radius 2 is 2.15 bits per heavy atom. The van der Waals surface area contributed by atoms with Crippen LogP contribution in [0.5, 0.6) is 0 Å². The first kappa shape index (κ1) is 17.6. The Balaban J connectivity index is 2.56. The van der Waals surface area contributed by atoms with Crippen LogP contribution in [0.4, 0.5) is 13.2 Å². The first-order valence-corrected chi connectivity index (χ1v) is 7.70. The summed E-state index contributed by atoms with van der Waals surface area (Å²) >= 11 is 7.23. The number of pyridine rings is 1. The predicted octanol–water partition coefficient (Wildman–Crippen LogP) is 4.62. The number of rotatable bonds is 7. The fraction of sp³-hybridized carbons (Fsp3) is 0.615. The van der Waals surface area contributed by atoms with E-state index >= 15 is 0 Å². The van der Waals surface area contributed by atoms with E-state index in [9.17, 15) is 13.2 Å². The number of unbranched alkanes of at least 4 members (excludes halogenated alkanes) is 1. The number of nitrogens with zero attached hydrogens (tertiary/aromatic N) is 1. The highest BCUT2D eigenvalue weighted by atomic mass is 35.5. The molecule has 1 N–H and O–H groups in total. The summed E-state index contributed by atoms with van der Waals surface area (Å²) in [6.45, 7) is 5.81. The molecule has 0 aromatic carbocycles. The molecule has 0 saturated carbocycles. The average molecular weight is 327 g/mol. The second kappa shape index (κ2) is 8.10. The molecule has 0 bridgehead atoms. The van der Waals surface area contributed by atoms with Crippen LogP contribution in [0.3, 0.4) is 0 Å². The molecule has 0 aliphatic rings. The standard InChI is InChI=1S/C13H18ClF3N2S/c1-3-4-5-18-7-9(2)20-12-11(14)6-10(8-19-12)13(15,16)17/h6,8-9,18H,3-5,7H2,1-2H3. The van der Waals surface area contributed by atoms with Gasteiger partial charge in [-0.1, -0.05) is 31.9 Å². The molecule has 1 atom stereocenters. The maximum atomic E-state index is 12.5. The number of alkyl halides is 3. The van der Waals surface area contributed by atoms with Gasteiger partial charge in [-0.3, -0.25) is 0 Å². The van der Waals surface area contributed by atoms with Crippen molar-refractivity contribution in [3.8, 4) is 0 Å². The lowest BCUT2D eigenvalue weighted by Gasteiger charge is -2.13. The van der Waals surface area contributed by atoms with Gasteiger partial charge in [0.1, 0.15) is 5.03 Å². The van der Waals surface area contributed by atoms with Crippen LogP contribution in [-0.4, -0.2) is 23.3 Å². The molecule has 7 heteroatoms. The Morgan fingerprint density at radius 3 is 2.70 bits per heavy atom. The van der Waals surface area contributed by atoms with Gasteiger partial charge in [0.15, 0.2) is 0 Å². The lowest BCUT2D eigenvalue weighted by Crippen LogP contribution is -2.23. The van der Waals surface area contributed by atoms with Crippen molar-refractivity contribution in [1.29, 1.82) is 0 Å². The number of thioether (sulfide) groups is 1. The highest BCUT2D eigenvalue weighted by molar-refractivity contribution is 8.00. The molecule has 0 aliphatic carbocycles. The van der Waals surface area contributed by atoms with E-state index < -0.39 is 11.7 Å². The number of aromatic nitrogens is 1. The van der Waals surface area contributed by atoms with Crippen LogP contribution in [0.25, 0.3) is 0 Å². The monoisotopic (exact) mass is 326 g/mol. The van der Waals surface area contributed by atoms with Crippen LogP contribution in [0.1, 0.15) is 32.3 Å². The molecule has 0 amide bonds. The van der Waals surface area contributed by atoms with E-state index in [1.54, 1.807) is 0 Å². The van der Waals surface area contributed by atoms with E-state index in [0.717, 1.165) is 38.2 Å². The summed E-state index contributed by atoms with van der Waals surface area (Å²) in [5, 5.41) is 3.96. The molecule has 0 saturated heterocycles. The molecule has 114 valence electrons. The van der Waals surface area contributed by atoms with Gasteiger partial charge in [-0.25, -0.2) is 4.98 Å². The van der Waals surface area contributed by atoms with E-state index in [-0.39, 0.29) is 10.3 Å². The molecule has 0 radical (unpaired) electrons. The number of hydrogen-bond acceptors (Lipinski definition) is 3. The Kier molecular flexibility index (Phi) is 7.12. The molecular weight excluding hydrogens is 309 g/mol. The van der Waals surface area contributed by atoms with Crippen LogP contribution in [0, 0.1) is 0 Å². The quantitative estimate of drug-likeness (QED) is 0.584. The number of hydrogen-bond donors (Lipinski definition) is 1. The van der Waals surface area contributed by atoms with E-state index in [4.69, 9.17) is 11.6 Å². The highest BCUT2D eigenvalue weighted by Crippen LogP contribution is 2.34. The van der Waals surface area contributed by atoms with Gasteiger partial charge in [-0.15, -0.1) is 11.8 Å². The third-order valence-electron chi connectivity index (χ3n) is 2.59. The molecular formula is C13H18ClF3N2S. The van der Waals surface area contributed by atoms with Gasteiger partial charge < -0.3 is 5.32 Å². The molecule has 1 aromatic heterocycles. The van der Waals surface area contributed by atoms with Crippen LogP contribution < -0.4 is 5.32 Å². The molecule has 0 fully saturated rings. The minimum Gasteiger partial charge on any atom is -0.316 e. The summed E-state index contributed by atoms with van der Waals surface area (Å²) < 4.78 is 37.5. The molecule has 2 nitrogen and oxygen atoms in total. The molecule has 1 rings (SSSR count). The summed E-state index contributed by atoms with van der Waals surface area (Å²) in [5.41, 5.74) is -0.819. The molecule has 1 aromatic rings. The number of halogens is 4. The van der Waals surface area contributed by atoms with E-state index in [1.165, 1.54) is 11.8 Å². The Bertz CT molecular complexity index is 427. The first-order valence-electron chi connectivity index (χ1n) is 6.44. The van der Waals surface area contributed by atoms with Gasteiger partial charge in [0.2, 0.25) is 0 Å². The Morgan fingerprint density at radius 1 is 1.45 bits per heavy atom. The summed E-state index contributed by atoms with van der Waals surface area (Å²) in [5.74, 6) is 0. The van der Waals surface area contributed by atoms with Gasteiger partial charge >= 0.3 is 6.18 Å². The molecule has 20 heavy (non-hydrogen) atoms. The number of nitrogens with one attached hydrogen (secondary N) is 1. The zero-order chi connectivity index (χ0) is 15.2. The largest absolute Gasteiger partial charge is 0.417 e. The van der Waals surface area contributed by atoms with Crippen molar-refractivity contribution in [2.75, 3.05) is 13.1 Å². The lowest BCUT2D eigenvalue weighted by molar-refractivity contribution is -0.137. The average Bonchev–Trinajstić information content (AvgIpc) is 2.36. The summed E-state index contributed by atoms with van der Waals surface area (Å²) in [6, 6.07) is 0.925. The fourth-order valence-electron chi connectivity index (χ4n) is 1.51. The van der Waals surface area contributed by atoms with Crippen LogP contribution in [0.2, 0.25) is 5.02 Å². The normalized spacial score (nSPS) is 13.5. The minimum atomic E-state index is -4.41.